The lowest BCUT2D eigenvalue weighted by Gasteiger charge is -2.14. The van der Waals surface area contributed by atoms with Gasteiger partial charge in [-0.1, -0.05) is 6.92 Å². The third-order valence-electron chi connectivity index (χ3n) is 3.26. The SMILES string of the molecule is CCN1CCC(CNc2nc(F)c(F)cc2F)C1. The maximum atomic E-state index is 13.3. The van der Waals surface area contributed by atoms with E-state index < -0.39 is 17.6 Å². The van der Waals surface area contributed by atoms with E-state index in [2.05, 4.69) is 22.1 Å². The van der Waals surface area contributed by atoms with Gasteiger partial charge in [0.1, 0.15) is 0 Å². The van der Waals surface area contributed by atoms with Gasteiger partial charge in [0, 0.05) is 19.2 Å². The van der Waals surface area contributed by atoms with Crippen LogP contribution in [0.3, 0.4) is 0 Å². The Balaban J connectivity index is 1.93. The molecule has 2 heterocycles. The Kier molecular flexibility index (Phi) is 4.06. The number of halogens is 3. The molecule has 0 bridgehead atoms. The highest BCUT2D eigenvalue weighted by atomic mass is 19.2. The topological polar surface area (TPSA) is 28.2 Å². The molecule has 1 unspecified atom stereocenters. The van der Waals surface area contributed by atoms with Crippen LogP contribution in [-0.2, 0) is 0 Å². The second kappa shape index (κ2) is 5.56. The number of pyridine rings is 1. The van der Waals surface area contributed by atoms with E-state index >= 15 is 0 Å². The minimum atomic E-state index is -1.28. The summed E-state index contributed by atoms with van der Waals surface area (Å²) in [5.74, 6) is -3.24. The molecular formula is C12H16F3N3. The number of nitrogens with zero attached hydrogens (tertiary/aromatic N) is 2. The van der Waals surface area contributed by atoms with E-state index in [-0.39, 0.29) is 5.82 Å². The zero-order valence-electron chi connectivity index (χ0n) is 10.2. The fraction of sp³-hybridized carbons (Fsp3) is 0.583. The normalized spacial score (nSPS) is 20.3. The van der Waals surface area contributed by atoms with Gasteiger partial charge >= 0.3 is 0 Å². The molecule has 0 aliphatic carbocycles. The molecule has 0 amide bonds. The molecule has 1 fully saturated rings. The van der Waals surface area contributed by atoms with Gasteiger partial charge in [-0.15, -0.1) is 0 Å². The van der Waals surface area contributed by atoms with Crippen LogP contribution in [0, 0.1) is 23.5 Å². The highest BCUT2D eigenvalue weighted by molar-refractivity contribution is 5.36. The summed E-state index contributed by atoms with van der Waals surface area (Å²) >= 11 is 0. The third-order valence-corrected chi connectivity index (χ3v) is 3.26. The molecule has 3 nitrogen and oxygen atoms in total. The third kappa shape index (κ3) is 2.93. The number of likely N-dealkylation sites (tertiary alicyclic amines) is 1. The largest absolute Gasteiger partial charge is 0.367 e. The summed E-state index contributed by atoms with van der Waals surface area (Å²) in [5.41, 5.74) is 0. The zero-order chi connectivity index (χ0) is 13.1. The van der Waals surface area contributed by atoms with Crippen LogP contribution < -0.4 is 5.32 Å². The van der Waals surface area contributed by atoms with Gasteiger partial charge in [-0.25, -0.2) is 8.78 Å². The summed E-state index contributed by atoms with van der Waals surface area (Å²) in [6, 6.07) is 0.512. The van der Waals surface area contributed by atoms with Crippen LogP contribution in [0.15, 0.2) is 6.07 Å². The molecule has 1 atom stereocenters. The van der Waals surface area contributed by atoms with Gasteiger partial charge in [0.15, 0.2) is 17.5 Å². The first kappa shape index (κ1) is 13.1. The van der Waals surface area contributed by atoms with Gasteiger partial charge in [-0.05, 0) is 25.4 Å². The Morgan fingerprint density at radius 3 is 2.83 bits per heavy atom. The molecule has 0 spiro atoms. The minimum Gasteiger partial charge on any atom is -0.367 e. The summed E-state index contributed by atoms with van der Waals surface area (Å²) < 4.78 is 38.9. The quantitative estimate of drug-likeness (QED) is 0.841. The monoisotopic (exact) mass is 259 g/mol. The molecule has 1 aliphatic rings. The molecule has 0 saturated carbocycles. The summed E-state index contributed by atoms with van der Waals surface area (Å²) in [6.45, 7) is 5.57. The standard InChI is InChI=1S/C12H16F3N3/c1-2-18-4-3-8(7-18)6-16-12-10(14)5-9(13)11(15)17-12/h5,8H,2-4,6-7H2,1H3,(H,16,17). The molecule has 1 aliphatic heterocycles. The van der Waals surface area contributed by atoms with E-state index in [0.29, 0.717) is 18.5 Å². The molecule has 0 radical (unpaired) electrons. The van der Waals surface area contributed by atoms with Crippen LogP contribution in [0.4, 0.5) is 19.0 Å². The van der Waals surface area contributed by atoms with Crippen molar-refractivity contribution in [1.82, 2.24) is 9.88 Å². The summed E-state index contributed by atoms with van der Waals surface area (Å²) in [4.78, 5) is 5.52. The minimum absolute atomic E-state index is 0.219. The molecule has 100 valence electrons. The van der Waals surface area contributed by atoms with Crippen LogP contribution in [0.5, 0.6) is 0 Å². The van der Waals surface area contributed by atoms with Gasteiger partial charge in [0.2, 0.25) is 0 Å². The molecule has 1 saturated heterocycles. The highest BCUT2D eigenvalue weighted by Gasteiger charge is 2.21. The first-order valence-corrected chi connectivity index (χ1v) is 6.08. The predicted molar refractivity (Wildman–Crippen MR) is 62.8 cm³/mol. The van der Waals surface area contributed by atoms with E-state index in [9.17, 15) is 13.2 Å². The van der Waals surface area contributed by atoms with Crippen molar-refractivity contribution >= 4 is 5.82 Å². The van der Waals surface area contributed by atoms with Crippen molar-refractivity contribution in [2.45, 2.75) is 13.3 Å². The number of aromatic nitrogens is 1. The first-order chi connectivity index (χ1) is 8.60. The van der Waals surface area contributed by atoms with Gasteiger partial charge in [-0.2, -0.15) is 9.37 Å². The molecule has 2 rings (SSSR count). The lowest BCUT2D eigenvalue weighted by Crippen LogP contribution is -2.23. The van der Waals surface area contributed by atoms with E-state index in [4.69, 9.17) is 0 Å². The predicted octanol–water partition coefficient (Wildman–Crippen LogP) is 2.25. The van der Waals surface area contributed by atoms with Crippen molar-refractivity contribution in [2.75, 3.05) is 31.5 Å². The van der Waals surface area contributed by atoms with Gasteiger partial charge < -0.3 is 10.2 Å². The van der Waals surface area contributed by atoms with Crippen molar-refractivity contribution in [3.05, 3.63) is 23.6 Å². The Labute approximate surface area is 104 Å². The molecule has 18 heavy (non-hydrogen) atoms. The second-order valence-electron chi connectivity index (χ2n) is 4.52. The van der Waals surface area contributed by atoms with E-state index in [1.165, 1.54) is 0 Å². The lowest BCUT2D eigenvalue weighted by atomic mass is 10.1. The van der Waals surface area contributed by atoms with Crippen molar-refractivity contribution < 1.29 is 13.2 Å². The average molecular weight is 259 g/mol. The van der Waals surface area contributed by atoms with Crippen molar-refractivity contribution in [3.63, 3.8) is 0 Å². The number of nitrogens with one attached hydrogen (secondary N) is 1. The van der Waals surface area contributed by atoms with Crippen LogP contribution in [0.1, 0.15) is 13.3 Å². The number of hydrogen-bond donors (Lipinski definition) is 1. The molecule has 1 aromatic rings. The van der Waals surface area contributed by atoms with Crippen LogP contribution >= 0.6 is 0 Å². The Hall–Kier alpha value is -1.30. The number of rotatable bonds is 4. The maximum absolute atomic E-state index is 13.3. The van der Waals surface area contributed by atoms with Crippen LogP contribution in [-0.4, -0.2) is 36.1 Å². The number of hydrogen-bond acceptors (Lipinski definition) is 3. The van der Waals surface area contributed by atoms with Crippen molar-refractivity contribution in [1.29, 1.82) is 0 Å². The molecule has 0 aromatic carbocycles. The number of anilines is 1. The zero-order valence-corrected chi connectivity index (χ0v) is 10.2. The van der Waals surface area contributed by atoms with E-state index in [0.717, 1.165) is 26.1 Å². The summed E-state index contributed by atoms with van der Waals surface area (Å²) in [6.07, 6.45) is 1.02. The Bertz CT molecular complexity index is 425. The highest BCUT2D eigenvalue weighted by Crippen LogP contribution is 2.18. The van der Waals surface area contributed by atoms with Gasteiger partial charge in [-0.3, -0.25) is 0 Å². The maximum Gasteiger partial charge on any atom is 0.251 e. The molecule has 1 N–H and O–H groups in total. The van der Waals surface area contributed by atoms with Gasteiger partial charge in [0.25, 0.3) is 5.95 Å². The first-order valence-electron chi connectivity index (χ1n) is 6.08. The average Bonchev–Trinajstić information content (AvgIpc) is 2.80. The Morgan fingerprint density at radius 2 is 2.17 bits per heavy atom. The van der Waals surface area contributed by atoms with Crippen LogP contribution in [0.2, 0.25) is 0 Å². The lowest BCUT2D eigenvalue weighted by molar-refractivity contribution is 0.344. The molecule has 6 heteroatoms. The summed E-state index contributed by atoms with van der Waals surface area (Å²) in [7, 11) is 0. The Morgan fingerprint density at radius 1 is 1.39 bits per heavy atom. The van der Waals surface area contributed by atoms with E-state index in [1.54, 1.807) is 0 Å². The van der Waals surface area contributed by atoms with Gasteiger partial charge in [0.05, 0.1) is 0 Å². The van der Waals surface area contributed by atoms with Crippen molar-refractivity contribution in [2.24, 2.45) is 5.92 Å². The van der Waals surface area contributed by atoms with Crippen LogP contribution in [0.25, 0.3) is 0 Å². The fourth-order valence-electron chi connectivity index (χ4n) is 2.18. The smallest absolute Gasteiger partial charge is 0.251 e. The van der Waals surface area contributed by atoms with E-state index in [1.807, 2.05) is 0 Å². The second-order valence-corrected chi connectivity index (χ2v) is 4.52. The molecule has 1 aromatic heterocycles. The van der Waals surface area contributed by atoms with Crippen molar-refractivity contribution in [3.8, 4) is 0 Å². The molecular weight excluding hydrogens is 243 g/mol. The fourth-order valence-corrected chi connectivity index (χ4v) is 2.18. The summed E-state index contributed by atoms with van der Waals surface area (Å²) in [5, 5.41) is 2.75.